The molecular formula is C15H18N2O7. The Bertz CT molecular complexity index is 634. The van der Waals surface area contributed by atoms with E-state index in [0.717, 1.165) is 0 Å². The zero-order valence-corrected chi connectivity index (χ0v) is 13.0. The number of rotatable bonds is 7. The van der Waals surface area contributed by atoms with Gasteiger partial charge in [-0.3, -0.25) is 14.9 Å². The Kier molecular flexibility index (Phi) is 5.69. The lowest BCUT2D eigenvalue weighted by molar-refractivity contribution is -0.385. The minimum atomic E-state index is -1.01. The summed E-state index contributed by atoms with van der Waals surface area (Å²) >= 11 is 0. The third kappa shape index (κ3) is 3.99. The molecule has 0 saturated carbocycles. The molecule has 0 radical (unpaired) electrons. The van der Waals surface area contributed by atoms with Crippen LogP contribution in [0.1, 0.15) is 18.9 Å². The number of nitrogens with one attached hydrogen (secondary N) is 1. The summed E-state index contributed by atoms with van der Waals surface area (Å²) in [5.74, 6) is -0.803. The molecule has 0 unspecified atom stereocenters. The largest absolute Gasteiger partial charge is 0.508 e. The third-order valence-electron chi connectivity index (χ3n) is 3.83. The smallest absolute Gasteiger partial charge is 0.430 e. The summed E-state index contributed by atoms with van der Waals surface area (Å²) in [5.41, 5.74) is 0.0892. The standard InChI is InChI=1S/C15H18N2O7/c1-9(13-11(6-7-18)16-14(13)19)24-15(20)23-8-10-4-2-3-5-12(10)17(21)22/h2-5,9,11,13,18H,6-8H2,1H3,(H,16,19)/t9-,11-,13-/m0/s1. The van der Waals surface area contributed by atoms with Gasteiger partial charge in [0.1, 0.15) is 12.7 Å². The Morgan fingerprint density at radius 3 is 2.79 bits per heavy atom. The molecule has 3 atom stereocenters. The van der Waals surface area contributed by atoms with Gasteiger partial charge in [-0.25, -0.2) is 4.79 Å². The zero-order chi connectivity index (χ0) is 17.7. The summed E-state index contributed by atoms with van der Waals surface area (Å²) < 4.78 is 9.94. The molecule has 0 aromatic heterocycles. The zero-order valence-electron chi connectivity index (χ0n) is 13.0. The minimum Gasteiger partial charge on any atom is -0.430 e. The summed E-state index contributed by atoms with van der Waals surface area (Å²) in [6, 6.07) is 5.65. The summed E-state index contributed by atoms with van der Waals surface area (Å²) in [7, 11) is 0. The van der Waals surface area contributed by atoms with Crippen LogP contribution in [0.3, 0.4) is 0 Å². The molecule has 2 N–H and O–H groups in total. The van der Waals surface area contributed by atoms with Gasteiger partial charge in [-0.15, -0.1) is 0 Å². The summed E-state index contributed by atoms with van der Waals surface area (Å²) in [4.78, 5) is 33.6. The van der Waals surface area contributed by atoms with Gasteiger partial charge in [0.2, 0.25) is 5.91 Å². The van der Waals surface area contributed by atoms with Crippen LogP contribution < -0.4 is 5.32 Å². The van der Waals surface area contributed by atoms with Gasteiger partial charge in [0.05, 0.1) is 16.4 Å². The fourth-order valence-electron chi connectivity index (χ4n) is 2.59. The van der Waals surface area contributed by atoms with Crippen molar-refractivity contribution in [2.24, 2.45) is 5.92 Å². The molecule has 1 saturated heterocycles. The molecule has 1 aromatic rings. The van der Waals surface area contributed by atoms with Crippen LogP contribution in [0.25, 0.3) is 0 Å². The van der Waals surface area contributed by atoms with Crippen molar-refractivity contribution in [1.82, 2.24) is 5.32 Å². The number of nitro benzene ring substituents is 1. The van der Waals surface area contributed by atoms with Crippen LogP contribution in [-0.2, 0) is 20.9 Å². The van der Waals surface area contributed by atoms with E-state index in [1.165, 1.54) is 18.2 Å². The molecule has 130 valence electrons. The van der Waals surface area contributed by atoms with Crippen LogP contribution in [-0.4, -0.2) is 40.8 Å². The van der Waals surface area contributed by atoms with Crippen molar-refractivity contribution in [1.29, 1.82) is 0 Å². The SMILES string of the molecule is C[C@H](OC(=O)OCc1ccccc1[N+](=O)[O-])[C@@H]1C(=O)N[C@H]1CCO. The number of carbonyl (C=O) groups is 2. The Labute approximate surface area is 137 Å². The molecule has 2 rings (SSSR count). The molecule has 1 amide bonds. The van der Waals surface area contributed by atoms with E-state index in [1.54, 1.807) is 13.0 Å². The van der Waals surface area contributed by atoms with E-state index < -0.39 is 23.1 Å². The predicted octanol–water partition coefficient (Wildman–Crippen LogP) is 1.13. The minimum absolute atomic E-state index is 0.0870. The molecule has 0 bridgehead atoms. The van der Waals surface area contributed by atoms with Crippen LogP contribution in [0.4, 0.5) is 10.5 Å². The van der Waals surface area contributed by atoms with Crippen LogP contribution in [0.5, 0.6) is 0 Å². The van der Waals surface area contributed by atoms with Gasteiger partial charge in [0, 0.05) is 18.7 Å². The highest BCUT2D eigenvalue weighted by Gasteiger charge is 2.44. The average molecular weight is 338 g/mol. The number of aliphatic hydroxyl groups is 1. The first kappa shape index (κ1) is 17.7. The Hall–Kier alpha value is -2.68. The second-order valence-corrected chi connectivity index (χ2v) is 5.40. The van der Waals surface area contributed by atoms with Crippen molar-refractivity contribution in [2.45, 2.75) is 32.1 Å². The van der Waals surface area contributed by atoms with Gasteiger partial charge in [-0.05, 0) is 19.4 Å². The monoisotopic (exact) mass is 338 g/mol. The Morgan fingerprint density at radius 2 is 2.17 bits per heavy atom. The van der Waals surface area contributed by atoms with E-state index in [9.17, 15) is 19.7 Å². The average Bonchev–Trinajstić information content (AvgIpc) is 2.52. The maximum absolute atomic E-state index is 11.7. The molecule has 1 fully saturated rings. The van der Waals surface area contributed by atoms with Crippen LogP contribution in [0.15, 0.2) is 24.3 Å². The number of para-hydroxylation sites is 1. The van der Waals surface area contributed by atoms with Gasteiger partial charge >= 0.3 is 6.16 Å². The number of hydrogen-bond donors (Lipinski definition) is 2. The molecule has 1 heterocycles. The second-order valence-electron chi connectivity index (χ2n) is 5.40. The van der Waals surface area contributed by atoms with Crippen LogP contribution in [0, 0.1) is 16.0 Å². The van der Waals surface area contributed by atoms with Gasteiger partial charge in [-0.2, -0.15) is 0 Å². The highest BCUT2D eigenvalue weighted by molar-refractivity contribution is 5.86. The molecule has 1 aliphatic heterocycles. The predicted molar refractivity (Wildman–Crippen MR) is 81.0 cm³/mol. The fraction of sp³-hybridized carbons (Fsp3) is 0.467. The van der Waals surface area contributed by atoms with Crippen molar-refractivity contribution in [3.05, 3.63) is 39.9 Å². The molecule has 1 aromatic carbocycles. The van der Waals surface area contributed by atoms with E-state index in [1.807, 2.05) is 0 Å². The van der Waals surface area contributed by atoms with Gasteiger partial charge < -0.3 is 19.9 Å². The van der Waals surface area contributed by atoms with E-state index in [4.69, 9.17) is 14.6 Å². The van der Waals surface area contributed by atoms with Gasteiger partial charge in [0.25, 0.3) is 5.69 Å². The van der Waals surface area contributed by atoms with Gasteiger partial charge in [0.15, 0.2) is 0 Å². The third-order valence-corrected chi connectivity index (χ3v) is 3.83. The van der Waals surface area contributed by atoms with Crippen molar-refractivity contribution < 1.29 is 29.1 Å². The molecule has 0 spiro atoms. The van der Waals surface area contributed by atoms with E-state index in [0.29, 0.717) is 6.42 Å². The highest BCUT2D eigenvalue weighted by Crippen LogP contribution is 2.24. The number of ether oxygens (including phenoxy) is 2. The maximum atomic E-state index is 11.7. The first-order valence-corrected chi connectivity index (χ1v) is 7.41. The number of nitrogens with zero attached hydrogens (tertiary/aromatic N) is 1. The normalized spacial score (nSPS) is 20.5. The van der Waals surface area contributed by atoms with Crippen molar-refractivity contribution in [2.75, 3.05) is 6.61 Å². The van der Waals surface area contributed by atoms with Crippen molar-refractivity contribution in [3.8, 4) is 0 Å². The molecular weight excluding hydrogens is 320 g/mol. The van der Waals surface area contributed by atoms with Gasteiger partial charge in [-0.1, -0.05) is 12.1 Å². The number of aliphatic hydroxyl groups excluding tert-OH is 1. The van der Waals surface area contributed by atoms with E-state index >= 15 is 0 Å². The second kappa shape index (κ2) is 7.73. The highest BCUT2D eigenvalue weighted by atomic mass is 16.7. The molecule has 0 aliphatic carbocycles. The first-order valence-electron chi connectivity index (χ1n) is 7.41. The van der Waals surface area contributed by atoms with Crippen molar-refractivity contribution >= 4 is 17.7 Å². The molecule has 24 heavy (non-hydrogen) atoms. The van der Waals surface area contributed by atoms with Crippen molar-refractivity contribution in [3.63, 3.8) is 0 Å². The topological polar surface area (TPSA) is 128 Å². The number of hydrogen-bond acceptors (Lipinski definition) is 7. The fourth-order valence-corrected chi connectivity index (χ4v) is 2.59. The lowest BCUT2D eigenvalue weighted by atomic mass is 9.84. The first-order chi connectivity index (χ1) is 11.4. The lowest BCUT2D eigenvalue weighted by Gasteiger charge is -2.39. The van der Waals surface area contributed by atoms with Crippen LogP contribution >= 0.6 is 0 Å². The summed E-state index contributed by atoms with van der Waals surface area (Å²) in [6.07, 6.45) is -1.37. The van der Waals surface area contributed by atoms with E-state index in [2.05, 4.69) is 5.32 Å². The number of nitro groups is 1. The van der Waals surface area contributed by atoms with E-state index in [-0.39, 0.29) is 36.4 Å². The maximum Gasteiger partial charge on any atom is 0.508 e. The molecule has 9 nitrogen and oxygen atoms in total. The molecule has 9 heteroatoms. The lowest BCUT2D eigenvalue weighted by Crippen LogP contribution is -2.62. The summed E-state index contributed by atoms with van der Waals surface area (Å²) in [6.45, 7) is 1.16. The summed E-state index contributed by atoms with van der Waals surface area (Å²) in [5, 5.41) is 22.4. The number of amides is 1. The Morgan fingerprint density at radius 1 is 1.46 bits per heavy atom. The molecule has 1 aliphatic rings. The quantitative estimate of drug-likeness (QED) is 0.330. The Balaban J connectivity index is 1.87. The number of carbonyl (C=O) groups excluding carboxylic acids is 2. The van der Waals surface area contributed by atoms with Crippen LogP contribution in [0.2, 0.25) is 0 Å². The number of benzene rings is 1. The number of β-lactam (4-membered cyclic amide) rings is 1.